The fraction of sp³-hybridized carbons (Fsp3) is 0.222. The van der Waals surface area contributed by atoms with Crippen LogP contribution in [0.5, 0.6) is 5.75 Å². The van der Waals surface area contributed by atoms with E-state index in [4.69, 9.17) is 4.74 Å². The number of hydrogen-bond donors (Lipinski definition) is 0. The minimum atomic E-state index is -0.850. The number of carbonyl (C=O) groups is 3. The van der Waals surface area contributed by atoms with Gasteiger partial charge in [-0.3, -0.25) is 14.4 Å². The van der Waals surface area contributed by atoms with E-state index in [2.05, 4.69) is 0 Å². The Balaban J connectivity index is 1.62. The lowest BCUT2D eigenvalue weighted by Gasteiger charge is -2.28. The molecular formula is C27H26N2O4. The molecule has 1 aliphatic rings. The van der Waals surface area contributed by atoms with Crippen molar-refractivity contribution in [3.63, 3.8) is 0 Å². The Bertz CT molecular complexity index is 1140. The number of anilines is 1. The average Bonchev–Trinajstić information content (AvgIpc) is 3.14. The van der Waals surface area contributed by atoms with Crippen molar-refractivity contribution in [1.29, 1.82) is 0 Å². The summed E-state index contributed by atoms with van der Waals surface area (Å²) in [6, 6.07) is 22.9. The third kappa shape index (κ3) is 4.80. The van der Waals surface area contributed by atoms with Crippen molar-refractivity contribution in [2.24, 2.45) is 0 Å². The highest BCUT2D eigenvalue weighted by Gasteiger charge is 2.44. The molecule has 0 saturated carbocycles. The minimum Gasteiger partial charge on any atom is -0.497 e. The van der Waals surface area contributed by atoms with Gasteiger partial charge in [0.2, 0.25) is 5.91 Å². The molecule has 3 aromatic rings. The van der Waals surface area contributed by atoms with Gasteiger partial charge < -0.3 is 9.64 Å². The van der Waals surface area contributed by atoms with Crippen molar-refractivity contribution in [1.82, 2.24) is 4.90 Å². The molecule has 4 rings (SSSR count). The molecule has 0 aliphatic carbocycles. The Morgan fingerprint density at radius 3 is 2.27 bits per heavy atom. The van der Waals surface area contributed by atoms with Crippen molar-refractivity contribution in [3.05, 3.63) is 95.6 Å². The van der Waals surface area contributed by atoms with Gasteiger partial charge in [-0.2, -0.15) is 0 Å². The van der Waals surface area contributed by atoms with Crippen LogP contribution in [0.2, 0.25) is 0 Å². The number of carbonyl (C=O) groups excluding carboxylic acids is 3. The van der Waals surface area contributed by atoms with Gasteiger partial charge in [0.1, 0.15) is 11.8 Å². The highest BCUT2D eigenvalue weighted by atomic mass is 16.5. The van der Waals surface area contributed by atoms with Crippen molar-refractivity contribution in [3.8, 4) is 5.75 Å². The molecule has 1 saturated heterocycles. The van der Waals surface area contributed by atoms with Gasteiger partial charge in [0.05, 0.1) is 19.2 Å². The molecule has 168 valence electrons. The highest BCUT2D eigenvalue weighted by Crippen LogP contribution is 2.27. The lowest BCUT2D eigenvalue weighted by Crippen LogP contribution is -2.46. The standard InChI is InChI=1S/C27H26N2O4/c1-19-8-12-22(13-9-19)29-25(30)18-24(27(29)32)28(17-16-20-6-4-3-5-7-20)26(31)21-10-14-23(33-2)15-11-21/h3-15,24H,16-18H2,1-2H3. The molecule has 0 bridgehead atoms. The Labute approximate surface area is 193 Å². The molecule has 0 spiro atoms. The molecule has 1 atom stereocenters. The SMILES string of the molecule is COc1ccc(C(=O)N(CCc2ccccc2)C2CC(=O)N(c3ccc(C)cc3)C2=O)cc1. The number of amides is 3. The maximum atomic E-state index is 13.5. The first-order valence-corrected chi connectivity index (χ1v) is 10.9. The molecule has 1 fully saturated rings. The lowest BCUT2D eigenvalue weighted by molar-refractivity contribution is -0.122. The number of aryl methyl sites for hydroxylation is 1. The molecule has 0 aromatic heterocycles. The number of hydrogen-bond acceptors (Lipinski definition) is 4. The molecule has 6 nitrogen and oxygen atoms in total. The quantitative estimate of drug-likeness (QED) is 0.519. The molecule has 1 aliphatic heterocycles. The fourth-order valence-corrected chi connectivity index (χ4v) is 4.02. The summed E-state index contributed by atoms with van der Waals surface area (Å²) in [5, 5.41) is 0. The van der Waals surface area contributed by atoms with Crippen LogP contribution in [0.25, 0.3) is 0 Å². The molecule has 3 amide bonds. The maximum absolute atomic E-state index is 13.5. The van der Waals surface area contributed by atoms with E-state index >= 15 is 0 Å². The van der Waals surface area contributed by atoms with E-state index in [0.717, 1.165) is 11.1 Å². The van der Waals surface area contributed by atoms with Crippen molar-refractivity contribution in [2.75, 3.05) is 18.6 Å². The summed E-state index contributed by atoms with van der Waals surface area (Å²) in [5.74, 6) is -0.328. The normalized spacial score (nSPS) is 15.6. The monoisotopic (exact) mass is 442 g/mol. The summed E-state index contributed by atoms with van der Waals surface area (Å²) in [4.78, 5) is 42.5. The second-order valence-electron chi connectivity index (χ2n) is 8.09. The molecule has 0 N–H and O–H groups in total. The maximum Gasteiger partial charge on any atom is 0.257 e. The highest BCUT2D eigenvalue weighted by molar-refractivity contribution is 6.23. The van der Waals surface area contributed by atoms with Crippen LogP contribution in [0.1, 0.15) is 27.9 Å². The molecular weight excluding hydrogens is 416 g/mol. The van der Waals surface area contributed by atoms with Crippen molar-refractivity contribution in [2.45, 2.75) is 25.8 Å². The summed E-state index contributed by atoms with van der Waals surface area (Å²) in [5.41, 5.74) is 3.06. The van der Waals surface area contributed by atoms with Crippen LogP contribution in [-0.4, -0.2) is 42.3 Å². The molecule has 3 aromatic carbocycles. The summed E-state index contributed by atoms with van der Waals surface area (Å²) in [6.45, 7) is 2.26. The zero-order valence-electron chi connectivity index (χ0n) is 18.7. The van der Waals surface area contributed by atoms with Gasteiger partial charge in [-0.05, 0) is 55.3 Å². The number of imide groups is 1. The number of ether oxygens (including phenoxy) is 1. The van der Waals surface area contributed by atoms with Crippen LogP contribution in [0.4, 0.5) is 5.69 Å². The van der Waals surface area contributed by atoms with Crippen LogP contribution in [0, 0.1) is 6.92 Å². The van der Waals surface area contributed by atoms with E-state index in [9.17, 15) is 14.4 Å². The summed E-state index contributed by atoms with van der Waals surface area (Å²) < 4.78 is 5.19. The Morgan fingerprint density at radius 1 is 0.970 bits per heavy atom. The van der Waals surface area contributed by atoms with E-state index in [1.165, 1.54) is 9.80 Å². The second-order valence-corrected chi connectivity index (χ2v) is 8.09. The zero-order chi connectivity index (χ0) is 23.4. The lowest BCUT2D eigenvalue weighted by atomic mass is 10.1. The van der Waals surface area contributed by atoms with E-state index in [0.29, 0.717) is 30.0 Å². The van der Waals surface area contributed by atoms with Crippen molar-refractivity contribution < 1.29 is 19.1 Å². The Hall–Kier alpha value is -3.93. The second kappa shape index (κ2) is 9.69. The molecule has 1 heterocycles. The van der Waals surface area contributed by atoms with Gasteiger partial charge in [-0.15, -0.1) is 0 Å². The predicted molar refractivity (Wildman–Crippen MR) is 126 cm³/mol. The van der Waals surface area contributed by atoms with E-state index in [1.54, 1.807) is 43.5 Å². The number of rotatable bonds is 7. The summed E-state index contributed by atoms with van der Waals surface area (Å²) in [7, 11) is 1.56. The largest absolute Gasteiger partial charge is 0.497 e. The first-order valence-electron chi connectivity index (χ1n) is 10.9. The van der Waals surface area contributed by atoms with E-state index in [1.807, 2.05) is 49.4 Å². The van der Waals surface area contributed by atoms with Crippen LogP contribution < -0.4 is 9.64 Å². The number of methoxy groups -OCH3 is 1. The first kappa shape index (κ1) is 22.3. The van der Waals surface area contributed by atoms with Crippen LogP contribution in [0.15, 0.2) is 78.9 Å². The Kier molecular flexibility index (Phi) is 6.54. The van der Waals surface area contributed by atoms with Crippen LogP contribution in [0.3, 0.4) is 0 Å². The van der Waals surface area contributed by atoms with Gasteiger partial charge in [-0.1, -0.05) is 48.0 Å². The van der Waals surface area contributed by atoms with Gasteiger partial charge >= 0.3 is 0 Å². The number of nitrogens with zero attached hydrogens (tertiary/aromatic N) is 2. The fourth-order valence-electron chi connectivity index (χ4n) is 4.02. The minimum absolute atomic E-state index is 0.0383. The smallest absolute Gasteiger partial charge is 0.257 e. The van der Waals surface area contributed by atoms with Crippen molar-refractivity contribution >= 4 is 23.4 Å². The molecule has 6 heteroatoms. The van der Waals surface area contributed by atoms with Gasteiger partial charge in [0, 0.05) is 12.1 Å². The van der Waals surface area contributed by atoms with Crippen LogP contribution >= 0.6 is 0 Å². The molecule has 1 unspecified atom stereocenters. The molecule has 33 heavy (non-hydrogen) atoms. The van der Waals surface area contributed by atoms with Crippen LogP contribution in [-0.2, 0) is 16.0 Å². The number of benzene rings is 3. The predicted octanol–water partition coefficient (Wildman–Crippen LogP) is 4.02. The third-order valence-corrected chi connectivity index (χ3v) is 5.87. The third-order valence-electron chi connectivity index (χ3n) is 5.87. The summed E-state index contributed by atoms with van der Waals surface area (Å²) in [6.07, 6.45) is 0.536. The Morgan fingerprint density at radius 2 is 1.64 bits per heavy atom. The van der Waals surface area contributed by atoms with Gasteiger partial charge in [0.15, 0.2) is 0 Å². The zero-order valence-corrected chi connectivity index (χ0v) is 18.7. The van der Waals surface area contributed by atoms with E-state index < -0.39 is 6.04 Å². The van der Waals surface area contributed by atoms with Gasteiger partial charge in [0.25, 0.3) is 11.8 Å². The first-order chi connectivity index (χ1) is 16.0. The average molecular weight is 443 g/mol. The summed E-state index contributed by atoms with van der Waals surface area (Å²) >= 11 is 0. The topological polar surface area (TPSA) is 66.9 Å². The molecule has 0 radical (unpaired) electrons. The van der Waals surface area contributed by atoms with Gasteiger partial charge in [-0.25, -0.2) is 4.90 Å². The van der Waals surface area contributed by atoms with E-state index in [-0.39, 0.29) is 24.1 Å².